The van der Waals surface area contributed by atoms with Gasteiger partial charge >= 0.3 is 8.16 Å². The molecule has 6 aromatic carbocycles. The van der Waals surface area contributed by atoms with Crippen molar-refractivity contribution in [2.45, 2.75) is 65.0 Å². The summed E-state index contributed by atoms with van der Waals surface area (Å²) in [6, 6.07) is 44.8. The van der Waals surface area contributed by atoms with E-state index < -0.39 is 24.3 Å². The number of para-hydroxylation sites is 2. The highest BCUT2D eigenvalue weighted by atomic mass is 31.1. The van der Waals surface area contributed by atoms with Gasteiger partial charge in [-0.05, 0) is 55.2 Å². The Morgan fingerprint density at radius 2 is 0.900 bits per heavy atom. The van der Waals surface area contributed by atoms with Crippen molar-refractivity contribution >= 4 is 102 Å². The third-order valence-corrected chi connectivity index (χ3v) is 23.0. The number of nitrogens with zero attached hydrogens (tertiary/aromatic N) is 1. The van der Waals surface area contributed by atoms with Gasteiger partial charge in [0.2, 0.25) is 0 Å². The molecule has 8 rings (SSSR count). The van der Waals surface area contributed by atoms with Crippen molar-refractivity contribution in [3.05, 3.63) is 120 Å². The van der Waals surface area contributed by atoms with Gasteiger partial charge in [0, 0.05) is 10.8 Å². The standard InChI is InChI=1S/C44H46NO2PSi2/c1-7-49(5,8-2)39-29-33-21-11-15-23-35(33)41-42-36-24-16-12-22-34(36)30-40(50(6,9-3)10-4)44(42)47-48(46-43(39)41)45-37-25-17-13-19-31(37)27-28-32-20-14-18-26-38(32)45/h11-30H,7-10H2,1-6H3. The molecular formula is C44H46NO2PSi2. The molecule has 0 aliphatic carbocycles. The first kappa shape index (κ1) is 32.9. The number of hydrogen-bond acceptors (Lipinski definition) is 3. The van der Waals surface area contributed by atoms with Gasteiger partial charge in [-0.15, -0.1) is 0 Å². The van der Waals surface area contributed by atoms with Crippen molar-refractivity contribution in [3.8, 4) is 0 Å². The predicted molar refractivity (Wildman–Crippen MR) is 225 cm³/mol. The SMILES string of the molecule is CC[Si](C)(CC)c1cc2ccccc2c2c1op(N1c3ccccc3C=Cc3ccccc31)oc1c([Si](C)(CC)CC)cc3ccccc3c12. The van der Waals surface area contributed by atoms with E-state index in [0.29, 0.717) is 0 Å². The Balaban J connectivity index is 1.70. The van der Waals surface area contributed by atoms with E-state index in [1.807, 2.05) is 0 Å². The van der Waals surface area contributed by atoms with Gasteiger partial charge in [0.15, 0.2) is 0 Å². The van der Waals surface area contributed by atoms with Crippen LogP contribution in [0.3, 0.4) is 0 Å². The zero-order valence-corrected chi connectivity index (χ0v) is 33.0. The molecule has 6 heteroatoms. The van der Waals surface area contributed by atoms with Crippen LogP contribution < -0.4 is 15.0 Å². The maximum atomic E-state index is 7.71. The minimum atomic E-state index is -1.97. The summed E-state index contributed by atoms with van der Waals surface area (Å²) < 4.78 is 17.8. The molecule has 0 fully saturated rings. The van der Waals surface area contributed by atoms with Crippen LogP contribution >= 0.6 is 8.16 Å². The Morgan fingerprint density at radius 3 is 1.32 bits per heavy atom. The maximum absolute atomic E-state index is 7.71. The number of benzene rings is 6. The average Bonchev–Trinajstić information content (AvgIpc) is 3.45. The summed E-state index contributed by atoms with van der Waals surface area (Å²) in [5, 5.41) is 10.2. The smallest absolute Gasteiger partial charge is 0.346 e. The van der Waals surface area contributed by atoms with Crippen molar-refractivity contribution in [3.63, 3.8) is 0 Å². The Hall–Kier alpha value is -4.29. The quantitative estimate of drug-likeness (QED) is 0.154. The van der Waals surface area contributed by atoms with Crippen molar-refractivity contribution in [2.24, 2.45) is 0 Å². The monoisotopic (exact) mass is 707 g/mol. The molecule has 0 atom stereocenters. The molecule has 0 saturated heterocycles. The molecule has 0 bridgehead atoms. The Bertz CT molecular complexity index is 2320. The average molecular weight is 708 g/mol. The Kier molecular flexibility index (Phi) is 8.42. The minimum absolute atomic E-state index is 1.03. The van der Waals surface area contributed by atoms with E-state index in [1.165, 1.54) is 42.7 Å². The summed E-state index contributed by atoms with van der Waals surface area (Å²) in [6.07, 6.45) is 4.47. The molecule has 1 aromatic heterocycles. The highest BCUT2D eigenvalue weighted by Gasteiger charge is 2.34. The van der Waals surface area contributed by atoms with E-state index in [-0.39, 0.29) is 0 Å². The third kappa shape index (κ3) is 5.13. The molecule has 0 unspecified atom stereocenters. The van der Waals surface area contributed by atoms with E-state index in [1.54, 1.807) is 0 Å². The van der Waals surface area contributed by atoms with Crippen molar-refractivity contribution in [1.29, 1.82) is 0 Å². The van der Waals surface area contributed by atoms with E-state index in [2.05, 4.69) is 167 Å². The van der Waals surface area contributed by atoms with Crippen LogP contribution in [0.4, 0.5) is 11.4 Å². The molecule has 0 spiro atoms. The molecule has 0 saturated carbocycles. The predicted octanol–water partition coefficient (Wildman–Crippen LogP) is 13.3. The molecule has 1 aliphatic rings. The fourth-order valence-electron chi connectivity index (χ4n) is 7.89. The van der Waals surface area contributed by atoms with Crippen LogP contribution in [-0.2, 0) is 0 Å². The number of hydrogen-bond donors (Lipinski definition) is 0. The number of anilines is 2. The van der Waals surface area contributed by atoms with Crippen LogP contribution in [0, 0.1) is 0 Å². The van der Waals surface area contributed by atoms with Crippen LogP contribution in [0.15, 0.2) is 118 Å². The molecule has 1 aliphatic heterocycles. The second kappa shape index (κ2) is 12.8. The molecular weight excluding hydrogens is 662 g/mol. The van der Waals surface area contributed by atoms with Crippen LogP contribution in [0.5, 0.6) is 0 Å². The van der Waals surface area contributed by atoms with Crippen LogP contribution in [0.2, 0.25) is 37.3 Å². The second-order valence-corrected chi connectivity index (χ2v) is 25.8. The summed E-state index contributed by atoms with van der Waals surface area (Å²) in [6.45, 7) is 14.6. The minimum Gasteiger partial charge on any atom is -0.404 e. The van der Waals surface area contributed by atoms with E-state index in [0.717, 1.165) is 57.8 Å². The lowest BCUT2D eigenvalue weighted by Gasteiger charge is -2.27. The molecule has 2 heterocycles. The van der Waals surface area contributed by atoms with Gasteiger partial charge in [-0.2, -0.15) is 0 Å². The second-order valence-electron chi connectivity index (χ2n) is 14.4. The highest BCUT2D eigenvalue weighted by molar-refractivity contribution is 7.40. The first-order valence-corrected chi connectivity index (χ1v) is 25.2. The summed E-state index contributed by atoms with van der Waals surface area (Å²) >= 11 is 0. The van der Waals surface area contributed by atoms with Crippen molar-refractivity contribution < 1.29 is 8.39 Å². The number of rotatable bonds is 7. The molecule has 0 N–H and O–H groups in total. The number of fused-ring (bicyclic) bond motifs is 9. The lowest BCUT2D eigenvalue weighted by molar-refractivity contribution is 0.642. The van der Waals surface area contributed by atoms with Gasteiger partial charge in [0.05, 0.1) is 27.5 Å². The van der Waals surface area contributed by atoms with Gasteiger partial charge in [-0.25, -0.2) is 4.67 Å². The molecule has 0 amide bonds. The van der Waals surface area contributed by atoms with Crippen LogP contribution in [0.25, 0.3) is 55.6 Å². The fraction of sp³-hybridized carbons (Fsp3) is 0.227. The van der Waals surface area contributed by atoms with Gasteiger partial charge in [-0.1, -0.05) is 174 Å². The molecule has 252 valence electrons. The topological polar surface area (TPSA) is 29.5 Å². The molecule has 50 heavy (non-hydrogen) atoms. The third-order valence-electron chi connectivity index (χ3n) is 11.9. The van der Waals surface area contributed by atoms with E-state index in [9.17, 15) is 0 Å². The first-order valence-electron chi connectivity index (χ1n) is 18.3. The van der Waals surface area contributed by atoms with Crippen molar-refractivity contribution in [1.82, 2.24) is 0 Å². The van der Waals surface area contributed by atoms with E-state index >= 15 is 0 Å². The molecule has 7 aromatic rings. The van der Waals surface area contributed by atoms with Crippen molar-refractivity contribution in [2.75, 3.05) is 4.67 Å². The Labute approximate surface area is 298 Å². The zero-order valence-electron chi connectivity index (χ0n) is 30.1. The molecule has 3 nitrogen and oxygen atoms in total. The highest BCUT2D eigenvalue weighted by Crippen LogP contribution is 2.51. The van der Waals surface area contributed by atoms with Gasteiger partial charge in [0.25, 0.3) is 0 Å². The summed E-state index contributed by atoms with van der Waals surface area (Å²) in [5.41, 5.74) is 6.57. The zero-order chi connectivity index (χ0) is 34.6. The Morgan fingerprint density at radius 1 is 0.520 bits per heavy atom. The summed E-state index contributed by atoms with van der Waals surface area (Å²) in [7, 11) is -5.64. The van der Waals surface area contributed by atoms with Crippen LogP contribution in [0.1, 0.15) is 38.8 Å². The lowest BCUT2D eigenvalue weighted by Crippen LogP contribution is -2.43. The van der Waals surface area contributed by atoms with Gasteiger partial charge in [-0.3, -0.25) is 0 Å². The van der Waals surface area contributed by atoms with E-state index in [4.69, 9.17) is 8.39 Å². The summed E-state index contributed by atoms with van der Waals surface area (Å²) in [5.74, 6) is 0. The largest absolute Gasteiger partial charge is 0.404 e. The fourth-order valence-corrected chi connectivity index (χ4v) is 14.6. The van der Waals surface area contributed by atoms with Crippen LogP contribution in [-0.4, -0.2) is 16.1 Å². The first-order chi connectivity index (χ1) is 24.3. The van der Waals surface area contributed by atoms with Gasteiger partial charge < -0.3 is 8.39 Å². The maximum Gasteiger partial charge on any atom is 0.346 e. The summed E-state index contributed by atoms with van der Waals surface area (Å²) in [4.78, 5) is 0. The lowest BCUT2D eigenvalue weighted by atomic mass is 9.98. The van der Waals surface area contributed by atoms with Gasteiger partial charge in [0.1, 0.15) is 11.2 Å². The normalized spacial score (nSPS) is 13.2. The molecule has 0 radical (unpaired) electrons.